The summed E-state index contributed by atoms with van der Waals surface area (Å²) in [5.41, 5.74) is 7.08. The molecule has 2 N–H and O–H groups in total. The number of aryl methyl sites for hydroxylation is 1. The minimum atomic E-state index is -0.335. The topological polar surface area (TPSA) is 53.1 Å². The Bertz CT molecular complexity index is 633. The Kier molecular flexibility index (Phi) is 5.54. The van der Waals surface area contributed by atoms with Crippen LogP contribution in [0.25, 0.3) is 0 Å². The number of halogens is 3. The highest BCUT2D eigenvalue weighted by Crippen LogP contribution is 2.37. The molecule has 0 radical (unpaired) electrons. The van der Waals surface area contributed by atoms with Crippen LogP contribution in [-0.4, -0.2) is 15.8 Å². The van der Waals surface area contributed by atoms with Gasteiger partial charge in [-0.3, -0.25) is 4.68 Å². The molecule has 1 heterocycles. The number of rotatable bonds is 5. The van der Waals surface area contributed by atoms with E-state index in [1.165, 1.54) is 0 Å². The number of nitrogens with zero attached hydrogens (tertiary/aromatic N) is 2. The highest BCUT2D eigenvalue weighted by atomic mass is 79.9. The number of hydrogen-bond donors (Lipinski definition) is 1. The smallest absolute Gasteiger partial charge is 0.142 e. The van der Waals surface area contributed by atoms with E-state index in [2.05, 4.69) is 21.0 Å². The van der Waals surface area contributed by atoms with Crippen molar-refractivity contribution >= 4 is 39.1 Å². The first-order chi connectivity index (χ1) is 9.92. The fraction of sp³-hybridized carbons (Fsp3) is 0.357. The second-order valence-corrected chi connectivity index (χ2v) is 6.42. The van der Waals surface area contributed by atoms with E-state index in [1.54, 1.807) is 23.0 Å². The Balaban J connectivity index is 2.33. The second-order valence-electron chi connectivity index (χ2n) is 4.75. The zero-order valence-corrected chi connectivity index (χ0v) is 14.8. The van der Waals surface area contributed by atoms with Gasteiger partial charge in [0.05, 0.1) is 16.2 Å². The monoisotopic (exact) mass is 391 g/mol. The van der Waals surface area contributed by atoms with E-state index >= 15 is 0 Å². The largest absolute Gasteiger partial charge is 0.482 e. The summed E-state index contributed by atoms with van der Waals surface area (Å²) in [7, 11) is 1.85. The first kappa shape index (κ1) is 16.6. The van der Waals surface area contributed by atoms with Crippen LogP contribution in [0.5, 0.6) is 5.75 Å². The van der Waals surface area contributed by atoms with Crippen molar-refractivity contribution in [2.24, 2.45) is 12.8 Å². The number of aromatic nitrogens is 2. The maximum atomic E-state index is 6.21. The summed E-state index contributed by atoms with van der Waals surface area (Å²) in [6, 6.07) is 3.21. The quantitative estimate of drug-likeness (QED) is 0.769. The van der Waals surface area contributed by atoms with E-state index in [4.69, 9.17) is 33.7 Å². The molecule has 0 bridgehead atoms. The van der Waals surface area contributed by atoms with E-state index in [-0.39, 0.29) is 12.1 Å². The van der Waals surface area contributed by atoms with Crippen LogP contribution >= 0.6 is 39.1 Å². The lowest BCUT2D eigenvalue weighted by molar-refractivity contribution is 0.171. The molecule has 1 aromatic heterocycles. The Morgan fingerprint density at radius 2 is 2.10 bits per heavy atom. The molecule has 2 atom stereocenters. The third kappa shape index (κ3) is 3.92. The average Bonchev–Trinajstić information content (AvgIpc) is 2.87. The predicted molar refractivity (Wildman–Crippen MR) is 89.0 cm³/mol. The Labute approximate surface area is 142 Å². The molecule has 114 valence electrons. The van der Waals surface area contributed by atoms with Crippen molar-refractivity contribution in [1.82, 2.24) is 9.78 Å². The molecule has 0 spiro atoms. The summed E-state index contributed by atoms with van der Waals surface area (Å²) in [4.78, 5) is 0. The van der Waals surface area contributed by atoms with Crippen LogP contribution in [-0.2, 0) is 7.05 Å². The van der Waals surface area contributed by atoms with Crippen molar-refractivity contribution in [1.29, 1.82) is 0 Å². The Morgan fingerprint density at radius 3 is 2.67 bits per heavy atom. The molecule has 2 aromatic rings. The van der Waals surface area contributed by atoms with Gasteiger partial charge in [-0.2, -0.15) is 5.10 Å². The van der Waals surface area contributed by atoms with Crippen LogP contribution in [0.2, 0.25) is 10.0 Å². The molecular formula is C14H16BrCl2N3O. The van der Waals surface area contributed by atoms with E-state index in [9.17, 15) is 0 Å². The minimum absolute atomic E-state index is 0.173. The zero-order valence-electron chi connectivity index (χ0n) is 11.7. The molecule has 4 nitrogen and oxygen atoms in total. The number of benzene rings is 1. The van der Waals surface area contributed by atoms with Crippen molar-refractivity contribution in [2.75, 3.05) is 0 Å². The van der Waals surface area contributed by atoms with Crippen molar-refractivity contribution in [2.45, 2.75) is 25.5 Å². The van der Waals surface area contributed by atoms with Gasteiger partial charge in [0.2, 0.25) is 0 Å². The third-order valence-corrected chi connectivity index (χ3v) is 4.63. The van der Waals surface area contributed by atoms with Crippen LogP contribution in [0.4, 0.5) is 0 Å². The molecule has 0 saturated heterocycles. The van der Waals surface area contributed by atoms with Gasteiger partial charge in [-0.1, -0.05) is 30.1 Å². The van der Waals surface area contributed by atoms with Gasteiger partial charge in [0, 0.05) is 35.4 Å². The first-order valence-electron chi connectivity index (χ1n) is 6.47. The van der Waals surface area contributed by atoms with Crippen molar-refractivity contribution in [3.63, 3.8) is 0 Å². The van der Waals surface area contributed by atoms with Crippen LogP contribution in [0.3, 0.4) is 0 Å². The molecule has 2 rings (SSSR count). The highest BCUT2D eigenvalue weighted by Gasteiger charge is 2.23. The van der Waals surface area contributed by atoms with Gasteiger partial charge in [-0.15, -0.1) is 0 Å². The van der Waals surface area contributed by atoms with Crippen LogP contribution < -0.4 is 10.5 Å². The summed E-state index contributed by atoms with van der Waals surface area (Å²) >= 11 is 15.6. The van der Waals surface area contributed by atoms with Gasteiger partial charge >= 0.3 is 0 Å². The van der Waals surface area contributed by atoms with Gasteiger partial charge in [-0.25, -0.2) is 0 Å². The standard InChI is InChI=1S/C14H16BrCl2N3O/c1-3-12(18)14(8-6-19-20(2)7-8)21-13-5-10(16)9(15)4-11(13)17/h4-7,12,14H,3,18H2,1-2H3. The summed E-state index contributed by atoms with van der Waals surface area (Å²) in [6.45, 7) is 2.01. The van der Waals surface area contributed by atoms with E-state index in [0.29, 0.717) is 15.8 Å². The summed E-state index contributed by atoms with van der Waals surface area (Å²) in [5, 5.41) is 5.17. The maximum absolute atomic E-state index is 6.21. The molecule has 1 aromatic carbocycles. The molecule has 0 aliphatic rings. The highest BCUT2D eigenvalue weighted by molar-refractivity contribution is 9.10. The molecule has 0 amide bonds. The number of hydrogen-bond acceptors (Lipinski definition) is 3. The van der Waals surface area contributed by atoms with Crippen LogP contribution in [0, 0.1) is 0 Å². The number of ether oxygens (including phenoxy) is 1. The van der Waals surface area contributed by atoms with E-state index in [0.717, 1.165) is 16.5 Å². The zero-order chi connectivity index (χ0) is 15.6. The molecule has 0 fully saturated rings. The fourth-order valence-electron chi connectivity index (χ4n) is 1.94. The summed E-state index contributed by atoms with van der Waals surface area (Å²) in [5.74, 6) is 0.502. The number of nitrogens with two attached hydrogens (primary N) is 1. The predicted octanol–water partition coefficient (Wildman–Crippen LogP) is 4.35. The lowest BCUT2D eigenvalue weighted by Crippen LogP contribution is -2.31. The summed E-state index contributed by atoms with van der Waals surface area (Å²) < 4.78 is 8.45. The lowest BCUT2D eigenvalue weighted by Gasteiger charge is -2.24. The van der Waals surface area contributed by atoms with E-state index in [1.807, 2.05) is 20.2 Å². The maximum Gasteiger partial charge on any atom is 0.142 e. The lowest BCUT2D eigenvalue weighted by atomic mass is 10.0. The Morgan fingerprint density at radius 1 is 1.38 bits per heavy atom. The molecule has 0 aliphatic heterocycles. The third-order valence-electron chi connectivity index (χ3n) is 3.14. The van der Waals surface area contributed by atoms with Crippen molar-refractivity contribution < 1.29 is 4.74 Å². The van der Waals surface area contributed by atoms with Gasteiger partial charge in [0.1, 0.15) is 11.9 Å². The molecule has 21 heavy (non-hydrogen) atoms. The van der Waals surface area contributed by atoms with Gasteiger partial charge in [-0.05, 0) is 28.4 Å². The fourth-order valence-corrected chi connectivity index (χ4v) is 2.77. The molecular weight excluding hydrogens is 377 g/mol. The molecule has 0 aliphatic carbocycles. The molecule has 7 heteroatoms. The van der Waals surface area contributed by atoms with Gasteiger partial charge in [0.25, 0.3) is 0 Å². The first-order valence-corrected chi connectivity index (χ1v) is 8.02. The summed E-state index contributed by atoms with van der Waals surface area (Å²) in [6.07, 6.45) is 4.06. The SMILES string of the molecule is CCC(N)C(Oc1cc(Cl)c(Br)cc1Cl)c1cnn(C)c1. The Hall–Kier alpha value is -0.750. The van der Waals surface area contributed by atoms with Gasteiger partial charge in [0.15, 0.2) is 0 Å². The van der Waals surface area contributed by atoms with Gasteiger partial charge < -0.3 is 10.5 Å². The van der Waals surface area contributed by atoms with Crippen LogP contribution in [0.1, 0.15) is 25.0 Å². The molecule has 2 unspecified atom stereocenters. The molecule has 0 saturated carbocycles. The average molecular weight is 393 g/mol. The van der Waals surface area contributed by atoms with E-state index < -0.39 is 0 Å². The second kappa shape index (κ2) is 7.01. The van der Waals surface area contributed by atoms with Crippen LogP contribution in [0.15, 0.2) is 29.0 Å². The normalized spacial score (nSPS) is 14.0. The van der Waals surface area contributed by atoms with Crippen molar-refractivity contribution in [3.05, 3.63) is 44.6 Å². The van der Waals surface area contributed by atoms with Crippen molar-refractivity contribution in [3.8, 4) is 5.75 Å². The minimum Gasteiger partial charge on any atom is -0.482 e.